The molecule has 2 atom stereocenters. The first-order chi connectivity index (χ1) is 10.1. The third-order valence-corrected chi connectivity index (χ3v) is 5.01. The Morgan fingerprint density at radius 3 is 2.33 bits per heavy atom. The van der Waals surface area contributed by atoms with Gasteiger partial charge < -0.3 is 10.0 Å². The Morgan fingerprint density at radius 2 is 1.76 bits per heavy atom. The van der Waals surface area contributed by atoms with Gasteiger partial charge in [-0.3, -0.25) is 4.79 Å². The topological polar surface area (TPSA) is 40.5 Å². The zero-order valence-corrected chi connectivity index (χ0v) is 13.0. The minimum absolute atomic E-state index is 0.0228. The molecule has 2 heterocycles. The fourth-order valence-electron chi connectivity index (χ4n) is 3.42. The number of carbonyl (C=O) groups excluding carboxylic acids is 1. The second kappa shape index (κ2) is 5.99. The fourth-order valence-corrected chi connectivity index (χ4v) is 3.94. The van der Waals surface area contributed by atoms with Gasteiger partial charge in [0.25, 0.3) is 0 Å². The minimum atomic E-state index is -0.270. The van der Waals surface area contributed by atoms with Crippen LogP contribution in [0.3, 0.4) is 0 Å². The molecule has 1 aromatic rings. The quantitative estimate of drug-likeness (QED) is 0.845. The second-order valence-corrected chi connectivity index (χ2v) is 6.54. The van der Waals surface area contributed by atoms with Gasteiger partial charge in [-0.15, -0.1) is 0 Å². The Labute approximate surface area is 134 Å². The lowest BCUT2D eigenvalue weighted by Crippen LogP contribution is -2.47. The predicted molar refractivity (Wildman–Crippen MR) is 84.4 cm³/mol. The van der Waals surface area contributed by atoms with Gasteiger partial charge in [0.15, 0.2) is 0 Å². The molecular weight excluding hydrogens is 309 g/mol. The van der Waals surface area contributed by atoms with Crippen LogP contribution in [0, 0.1) is 0 Å². The van der Waals surface area contributed by atoms with E-state index >= 15 is 0 Å². The number of amides is 1. The van der Waals surface area contributed by atoms with E-state index in [4.69, 9.17) is 23.2 Å². The van der Waals surface area contributed by atoms with Crippen LogP contribution >= 0.6 is 23.2 Å². The van der Waals surface area contributed by atoms with Gasteiger partial charge in [0.1, 0.15) is 0 Å². The summed E-state index contributed by atoms with van der Waals surface area (Å²) in [5.74, 6) is -0.0228. The Morgan fingerprint density at radius 1 is 1.19 bits per heavy atom. The lowest BCUT2D eigenvalue weighted by atomic mass is 10.00. The number of hydrogen-bond acceptors (Lipinski definition) is 2. The number of benzene rings is 1. The summed E-state index contributed by atoms with van der Waals surface area (Å²) in [6.45, 7) is 0. The lowest BCUT2D eigenvalue weighted by Gasteiger charge is -2.36. The van der Waals surface area contributed by atoms with Crippen LogP contribution in [0.5, 0.6) is 0 Å². The summed E-state index contributed by atoms with van der Waals surface area (Å²) in [4.78, 5) is 14.3. The molecule has 2 fully saturated rings. The highest BCUT2D eigenvalue weighted by molar-refractivity contribution is 6.37. The van der Waals surface area contributed by atoms with Crippen LogP contribution in [-0.4, -0.2) is 34.1 Å². The number of rotatable bonds is 2. The maximum absolute atomic E-state index is 12.4. The van der Waals surface area contributed by atoms with Gasteiger partial charge in [-0.1, -0.05) is 29.3 Å². The minimum Gasteiger partial charge on any atom is -0.393 e. The molecule has 0 radical (unpaired) electrons. The molecule has 0 saturated carbocycles. The molecule has 2 aliphatic heterocycles. The molecule has 3 nitrogen and oxygen atoms in total. The molecule has 1 aromatic carbocycles. The number of aliphatic hydroxyl groups is 1. The van der Waals surface area contributed by atoms with Crippen LogP contribution in [-0.2, 0) is 4.79 Å². The number of nitrogens with zero attached hydrogens (tertiary/aromatic N) is 1. The van der Waals surface area contributed by atoms with Crippen molar-refractivity contribution in [2.45, 2.75) is 43.9 Å². The molecule has 0 aliphatic carbocycles. The van der Waals surface area contributed by atoms with E-state index in [-0.39, 0.29) is 24.1 Å². The summed E-state index contributed by atoms with van der Waals surface area (Å²) in [5, 5.41) is 10.8. The first-order valence-electron chi connectivity index (χ1n) is 7.18. The summed E-state index contributed by atoms with van der Waals surface area (Å²) in [5.41, 5.74) is 0.665. The van der Waals surface area contributed by atoms with Gasteiger partial charge in [0.05, 0.1) is 6.10 Å². The maximum atomic E-state index is 12.4. The normalized spacial score (nSPS) is 28.3. The average Bonchev–Trinajstić information content (AvgIpc) is 2.70. The monoisotopic (exact) mass is 325 g/mol. The zero-order valence-electron chi connectivity index (χ0n) is 11.5. The van der Waals surface area contributed by atoms with Crippen LogP contribution in [0.15, 0.2) is 24.3 Å². The largest absolute Gasteiger partial charge is 0.393 e. The third-order valence-electron chi connectivity index (χ3n) is 4.35. The van der Waals surface area contributed by atoms with Crippen molar-refractivity contribution in [3.05, 3.63) is 39.9 Å². The molecule has 0 spiro atoms. The van der Waals surface area contributed by atoms with E-state index in [2.05, 4.69) is 0 Å². The van der Waals surface area contributed by atoms with Gasteiger partial charge in [0, 0.05) is 33.8 Å². The molecule has 1 N–H and O–H groups in total. The van der Waals surface area contributed by atoms with Crippen LogP contribution in [0.4, 0.5) is 0 Å². The van der Waals surface area contributed by atoms with E-state index in [0.29, 0.717) is 28.5 Å². The molecular formula is C16H17Cl2NO2. The van der Waals surface area contributed by atoms with Crippen molar-refractivity contribution in [2.75, 3.05) is 0 Å². The van der Waals surface area contributed by atoms with Crippen molar-refractivity contribution in [2.24, 2.45) is 0 Å². The van der Waals surface area contributed by atoms with E-state index < -0.39 is 0 Å². The molecule has 2 saturated heterocycles. The lowest BCUT2D eigenvalue weighted by molar-refractivity contribution is -0.131. The van der Waals surface area contributed by atoms with Crippen molar-refractivity contribution >= 4 is 35.2 Å². The Hall–Kier alpha value is -1.03. The van der Waals surface area contributed by atoms with Gasteiger partial charge >= 0.3 is 0 Å². The number of halogens is 2. The number of carbonyl (C=O) groups is 1. The molecule has 1 amide bonds. The number of fused-ring (bicyclic) bond motifs is 2. The number of piperidine rings is 1. The van der Waals surface area contributed by atoms with Gasteiger partial charge in [0.2, 0.25) is 5.91 Å². The Balaban J connectivity index is 1.77. The highest BCUT2D eigenvalue weighted by atomic mass is 35.5. The van der Waals surface area contributed by atoms with Crippen molar-refractivity contribution < 1.29 is 9.90 Å². The van der Waals surface area contributed by atoms with Gasteiger partial charge in [-0.25, -0.2) is 0 Å². The van der Waals surface area contributed by atoms with Crippen molar-refractivity contribution in [3.8, 4) is 0 Å². The van der Waals surface area contributed by atoms with Gasteiger partial charge in [-0.2, -0.15) is 0 Å². The molecule has 2 bridgehead atoms. The van der Waals surface area contributed by atoms with E-state index in [1.807, 2.05) is 4.90 Å². The van der Waals surface area contributed by atoms with E-state index in [1.165, 1.54) is 6.08 Å². The van der Waals surface area contributed by atoms with Crippen LogP contribution in [0.25, 0.3) is 6.08 Å². The summed E-state index contributed by atoms with van der Waals surface area (Å²) >= 11 is 12.2. The van der Waals surface area contributed by atoms with Crippen LogP contribution in [0.2, 0.25) is 10.0 Å². The van der Waals surface area contributed by atoms with Crippen LogP contribution < -0.4 is 0 Å². The molecule has 2 aliphatic rings. The highest BCUT2D eigenvalue weighted by Crippen LogP contribution is 2.36. The summed E-state index contributed by atoms with van der Waals surface area (Å²) in [6, 6.07) is 5.60. The first-order valence-corrected chi connectivity index (χ1v) is 7.94. The van der Waals surface area contributed by atoms with Gasteiger partial charge in [-0.05, 0) is 43.9 Å². The molecule has 5 heteroatoms. The maximum Gasteiger partial charge on any atom is 0.247 e. The molecule has 2 unspecified atom stereocenters. The van der Waals surface area contributed by atoms with E-state index in [0.717, 1.165) is 12.8 Å². The molecule has 21 heavy (non-hydrogen) atoms. The molecule has 3 rings (SSSR count). The number of hydrogen-bond donors (Lipinski definition) is 1. The molecule has 112 valence electrons. The first kappa shape index (κ1) is 14.9. The summed E-state index contributed by atoms with van der Waals surface area (Å²) < 4.78 is 0. The Bertz CT molecular complexity index is 553. The molecule has 0 aromatic heterocycles. The highest BCUT2D eigenvalue weighted by Gasteiger charge is 2.41. The third kappa shape index (κ3) is 2.96. The standard InChI is InChI=1S/C16H17Cl2NO2/c17-14-2-1-3-15(18)13(14)6-7-16(21)19-10-4-5-11(19)9-12(20)8-10/h1-3,6-7,10-12,20H,4-5,8-9H2. The average molecular weight is 326 g/mol. The SMILES string of the molecule is O=C(C=Cc1c(Cl)cccc1Cl)N1C2CCC1CC(O)C2. The van der Waals surface area contributed by atoms with Crippen molar-refractivity contribution in [1.29, 1.82) is 0 Å². The summed E-state index contributed by atoms with van der Waals surface area (Å²) in [6.07, 6.45) is 6.27. The zero-order chi connectivity index (χ0) is 15.0. The summed E-state index contributed by atoms with van der Waals surface area (Å²) in [7, 11) is 0. The fraction of sp³-hybridized carbons (Fsp3) is 0.438. The Kier molecular flexibility index (Phi) is 4.25. The van der Waals surface area contributed by atoms with E-state index in [9.17, 15) is 9.90 Å². The van der Waals surface area contributed by atoms with Crippen LogP contribution in [0.1, 0.15) is 31.2 Å². The smallest absolute Gasteiger partial charge is 0.247 e. The predicted octanol–water partition coefficient (Wildman–Crippen LogP) is 3.52. The van der Waals surface area contributed by atoms with Crippen molar-refractivity contribution in [1.82, 2.24) is 4.90 Å². The van der Waals surface area contributed by atoms with Crippen molar-refractivity contribution in [3.63, 3.8) is 0 Å². The second-order valence-electron chi connectivity index (χ2n) is 5.72. The number of aliphatic hydroxyl groups excluding tert-OH is 1. The van der Waals surface area contributed by atoms with E-state index in [1.54, 1.807) is 24.3 Å².